The first-order chi connectivity index (χ1) is 6.79. The normalized spacial score (nSPS) is 9.73. The molecule has 0 atom stereocenters. The summed E-state index contributed by atoms with van der Waals surface area (Å²) < 4.78 is 2.51. The van der Waals surface area contributed by atoms with Gasteiger partial charge in [-0.25, -0.2) is 0 Å². The van der Waals surface area contributed by atoms with Crippen LogP contribution in [0.1, 0.15) is 0 Å². The molecule has 0 fully saturated rings. The third kappa shape index (κ3) is 3.66. The molecule has 0 aliphatic rings. The van der Waals surface area contributed by atoms with Crippen LogP contribution in [0.5, 0.6) is 0 Å². The Morgan fingerprint density at radius 1 is 1.27 bits per heavy atom. The fourth-order valence-corrected chi connectivity index (χ4v) is 4.75. The number of rotatable bonds is 2. The molecule has 0 radical (unpaired) electrons. The van der Waals surface area contributed by atoms with Gasteiger partial charge in [-0.15, -0.1) is 0 Å². The number of hydrogen-bond acceptors (Lipinski definition) is 2. The van der Waals surface area contributed by atoms with Crippen LogP contribution in [0.4, 0.5) is 0 Å². The lowest BCUT2D eigenvalue weighted by Gasteiger charge is -1.93. The van der Waals surface area contributed by atoms with E-state index >= 15 is 0 Å². The molecule has 80 valence electrons. The second-order valence-corrected chi connectivity index (χ2v) is 6.94. The zero-order chi connectivity index (χ0) is 9.97. The zero-order valence-electron chi connectivity index (χ0n) is 7.87. The van der Waals surface area contributed by atoms with E-state index in [0.29, 0.717) is 0 Å². The lowest BCUT2D eigenvalue weighted by atomic mass is 10.2. The van der Waals surface area contributed by atoms with E-state index in [1.54, 1.807) is 0 Å². The molecule has 0 unspecified atom stereocenters. The monoisotopic (exact) mass is 430 g/mol. The van der Waals surface area contributed by atoms with E-state index in [0.717, 1.165) is 4.47 Å². The summed E-state index contributed by atoms with van der Waals surface area (Å²) in [6.07, 6.45) is 2.11. The molecular weight excluding hydrogens is 423 g/mol. The SMILES string of the molecule is CSc1cc(-c2ccc(Br)cc2)s[s+]1.[I-]. The van der Waals surface area contributed by atoms with Crippen molar-refractivity contribution in [2.75, 3.05) is 6.26 Å². The van der Waals surface area contributed by atoms with E-state index in [1.807, 2.05) is 32.4 Å². The maximum absolute atomic E-state index is 3.44. The Labute approximate surface area is 127 Å². The van der Waals surface area contributed by atoms with Crippen LogP contribution in [-0.2, 0) is 0 Å². The third-order valence-electron chi connectivity index (χ3n) is 1.79. The van der Waals surface area contributed by atoms with Crippen LogP contribution in [0.15, 0.2) is 39.0 Å². The fraction of sp³-hybridized carbons (Fsp3) is 0.100. The number of hydrogen-bond donors (Lipinski definition) is 0. The van der Waals surface area contributed by atoms with Gasteiger partial charge in [0.2, 0.25) is 0 Å². The highest BCUT2D eigenvalue weighted by molar-refractivity contribution is 9.10. The minimum Gasteiger partial charge on any atom is -1.00 e. The third-order valence-corrected chi connectivity index (χ3v) is 6.13. The molecule has 2 aromatic rings. The first kappa shape index (κ1) is 13.9. The average Bonchev–Trinajstić information content (AvgIpc) is 2.67. The topological polar surface area (TPSA) is 0 Å². The second kappa shape index (κ2) is 6.54. The summed E-state index contributed by atoms with van der Waals surface area (Å²) in [5.41, 5.74) is 1.30. The van der Waals surface area contributed by atoms with Crippen molar-refractivity contribution < 1.29 is 24.0 Å². The maximum atomic E-state index is 3.44. The van der Waals surface area contributed by atoms with E-state index in [1.165, 1.54) is 14.6 Å². The Morgan fingerprint density at radius 2 is 1.93 bits per heavy atom. The summed E-state index contributed by atoms with van der Waals surface area (Å²) in [6, 6.07) is 10.7. The Bertz CT molecular complexity index is 424. The van der Waals surface area contributed by atoms with Crippen molar-refractivity contribution >= 4 is 48.4 Å². The van der Waals surface area contributed by atoms with Crippen LogP contribution < -0.4 is 24.0 Å². The first-order valence-corrected chi connectivity index (χ1v) is 8.19. The molecule has 0 saturated carbocycles. The number of halogens is 2. The van der Waals surface area contributed by atoms with Gasteiger partial charge in [0.25, 0.3) is 4.21 Å². The smallest absolute Gasteiger partial charge is 0.308 e. The van der Waals surface area contributed by atoms with Gasteiger partial charge in [0.15, 0.2) is 10.3 Å². The molecule has 5 heteroatoms. The van der Waals surface area contributed by atoms with Crippen LogP contribution in [0.3, 0.4) is 0 Å². The molecule has 0 spiro atoms. The Kier molecular flexibility index (Phi) is 6.06. The second-order valence-electron chi connectivity index (χ2n) is 2.71. The lowest BCUT2D eigenvalue weighted by Crippen LogP contribution is -3.00. The average molecular weight is 431 g/mol. The molecular formula is C10H8BrIS3. The molecule has 1 heterocycles. The predicted octanol–water partition coefficient (Wildman–Crippen LogP) is 2.25. The Morgan fingerprint density at radius 3 is 2.47 bits per heavy atom. The van der Waals surface area contributed by atoms with Gasteiger partial charge >= 0.3 is 10.3 Å². The van der Waals surface area contributed by atoms with Crippen LogP contribution in [0.25, 0.3) is 10.4 Å². The summed E-state index contributed by atoms with van der Waals surface area (Å²) >= 11 is 5.25. The zero-order valence-corrected chi connectivity index (χ0v) is 14.1. The van der Waals surface area contributed by atoms with Gasteiger partial charge < -0.3 is 24.0 Å². The predicted molar refractivity (Wildman–Crippen MR) is 71.5 cm³/mol. The van der Waals surface area contributed by atoms with Crippen molar-refractivity contribution in [3.8, 4) is 10.4 Å². The van der Waals surface area contributed by atoms with Crippen molar-refractivity contribution in [1.29, 1.82) is 0 Å². The Balaban J connectivity index is 0.00000112. The van der Waals surface area contributed by atoms with E-state index in [-0.39, 0.29) is 24.0 Å². The summed E-state index contributed by atoms with van der Waals surface area (Å²) in [5.74, 6) is 0. The number of benzene rings is 1. The number of thioether (sulfide) groups is 1. The van der Waals surface area contributed by atoms with Crippen LogP contribution in [0.2, 0.25) is 0 Å². The van der Waals surface area contributed by atoms with Crippen molar-refractivity contribution in [2.24, 2.45) is 0 Å². The van der Waals surface area contributed by atoms with Crippen molar-refractivity contribution in [3.63, 3.8) is 0 Å². The minimum atomic E-state index is 0. The molecule has 0 nitrogen and oxygen atoms in total. The van der Waals surface area contributed by atoms with Crippen LogP contribution in [0, 0.1) is 0 Å². The minimum absolute atomic E-state index is 0. The molecule has 1 aromatic heterocycles. The molecule has 0 aliphatic heterocycles. The van der Waals surface area contributed by atoms with Gasteiger partial charge in [-0.1, -0.05) is 39.8 Å². The van der Waals surface area contributed by atoms with Gasteiger partial charge in [-0.05, 0) is 24.0 Å². The van der Waals surface area contributed by atoms with E-state index in [4.69, 9.17) is 0 Å². The van der Waals surface area contributed by atoms with E-state index < -0.39 is 0 Å². The van der Waals surface area contributed by atoms with Gasteiger partial charge in [0, 0.05) is 10.5 Å². The van der Waals surface area contributed by atoms with Gasteiger partial charge in [0.1, 0.15) is 0 Å². The highest BCUT2D eigenvalue weighted by Crippen LogP contribution is 2.36. The van der Waals surface area contributed by atoms with Crippen LogP contribution in [-0.4, -0.2) is 6.26 Å². The van der Waals surface area contributed by atoms with Gasteiger partial charge in [-0.3, -0.25) is 0 Å². The molecule has 0 bridgehead atoms. The first-order valence-electron chi connectivity index (χ1n) is 4.02. The quantitative estimate of drug-likeness (QED) is 0.305. The van der Waals surface area contributed by atoms with Crippen molar-refractivity contribution in [1.82, 2.24) is 0 Å². The molecule has 0 saturated heterocycles. The Hall–Kier alpha value is 0.830. The molecule has 15 heavy (non-hydrogen) atoms. The molecule has 2 rings (SSSR count). The molecule has 1 aromatic carbocycles. The summed E-state index contributed by atoms with van der Waals surface area (Å²) in [7, 11) is 3.68. The standard InChI is InChI=1S/C10H8BrS3.HI/c1-12-10-6-9(13-14-10)7-2-4-8(11)5-3-7;/h2-6H,1H3;1H/q+1;/p-1. The van der Waals surface area contributed by atoms with E-state index in [9.17, 15) is 0 Å². The fourth-order valence-electron chi connectivity index (χ4n) is 1.08. The summed E-state index contributed by atoms with van der Waals surface area (Å²) in [6.45, 7) is 0. The highest BCUT2D eigenvalue weighted by Gasteiger charge is 2.13. The van der Waals surface area contributed by atoms with E-state index in [2.05, 4.69) is 52.5 Å². The molecule has 0 aliphatic carbocycles. The summed E-state index contributed by atoms with van der Waals surface area (Å²) in [5, 5.41) is 0. The van der Waals surface area contributed by atoms with Crippen molar-refractivity contribution in [2.45, 2.75) is 4.21 Å². The van der Waals surface area contributed by atoms with Gasteiger partial charge in [0.05, 0.1) is 4.88 Å². The largest absolute Gasteiger partial charge is 1.00 e. The van der Waals surface area contributed by atoms with Crippen LogP contribution >= 0.6 is 48.4 Å². The summed E-state index contributed by atoms with van der Waals surface area (Å²) in [4.78, 5) is 1.35. The lowest BCUT2D eigenvalue weighted by molar-refractivity contribution is -0.00000247. The highest BCUT2D eigenvalue weighted by atomic mass is 127. The molecule has 0 N–H and O–H groups in total. The van der Waals surface area contributed by atoms with Crippen molar-refractivity contribution in [3.05, 3.63) is 34.8 Å². The van der Waals surface area contributed by atoms with Gasteiger partial charge in [-0.2, -0.15) is 0 Å². The maximum Gasteiger partial charge on any atom is 0.308 e. The molecule has 0 amide bonds.